The maximum absolute atomic E-state index is 12.2. The van der Waals surface area contributed by atoms with Crippen LogP contribution in [0, 0.1) is 6.92 Å². The van der Waals surface area contributed by atoms with Crippen LogP contribution in [0.3, 0.4) is 0 Å². The Balaban J connectivity index is 1.60. The van der Waals surface area contributed by atoms with Crippen LogP contribution in [0.1, 0.15) is 29.3 Å². The zero-order valence-electron chi connectivity index (χ0n) is 12.8. The van der Waals surface area contributed by atoms with E-state index in [9.17, 15) is 4.79 Å². The monoisotopic (exact) mass is 347 g/mol. The van der Waals surface area contributed by atoms with Gasteiger partial charge in [-0.15, -0.1) is 11.8 Å². The van der Waals surface area contributed by atoms with Gasteiger partial charge in [0.15, 0.2) is 0 Å². The number of benzene rings is 1. The Morgan fingerprint density at radius 2 is 2.26 bits per heavy atom. The number of thioether (sulfide) groups is 1. The van der Waals surface area contributed by atoms with Crippen LogP contribution in [0.2, 0.25) is 5.02 Å². The van der Waals surface area contributed by atoms with Crippen molar-refractivity contribution in [2.45, 2.75) is 30.8 Å². The summed E-state index contributed by atoms with van der Waals surface area (Å²) >= 11 is 7.89. The Morgan fingerprint density at radius 3 is 3.04 bits per heavy atom. The fourth-order valence-corrected chi connectivity index (χ4v) is 3.80. The molecule has 0 fully saturated rings. The Morgan fingerprint density at radius 1 is 1.39 bits per heavy atom. The van der Waals surface area contributed by atoms with Gasteiger partial charge >= 0.3 is 6.03 Å². The van der Waals surface area contributed by atoms with Gasteiger partial charge in [-0.3, -0.25) is 4.98 Å². The van der Waals surface area contributed by atoms with Gasteiger partial charge in [-0.2, -0.15) is 0 Å². The number of nitrogens with one attached hydrogen (secondary N) is 2. The molecule has 1 aliphatic heterocycles. The van der Waals surface area contributed by atoms with Gasteiger partial charge in [-0.05, 0) is 48.7 Å². The van der Waals surface area contributed by atoms with E-state index in [1.807, 2.05) is 37.3 Å². The molecule has 2 N–H and O–H groups in total. The van der Waals surface area contributed by atoms with Crippen molar-refractivity contribution >= 4 is 29.4 Å². The Bertz CT molecular complexity index is 705. The van der Waals surface area contributed by atoms with Crippen LogP contribution in [0.25, 0.3) is 0 Å². The molecule has 0 saturated heterocycles. The highest BCUT2D eigenvalue weighted by Crippen LogP contribution is 2.37. The molecule has 0 bridgehead atoms. The van der Waals surface area contributed by atoms with Crippen molar-refractivity contribution in [2.24, 2.45) is 0 Å². The molecule has 2 heterocycles. The third-order valence-electron chi connectivity index (χ3n) is 3.74. The molecule has 1 aromatic heterocycles. The standard InChI is InChI=1S/C17H18ClN3OS/c1-11-2-3-12(9-19-11)10-20-17(22)21-15-6-7-23-16-5-4-13(18)8-14(15)16/h2-5,8-9,15H,6-7,10H2,1H3,(H2,20,21,22)/t15-/m0/s1. The summed E-state index contributed by atoms with van der Waals surface area (Å²) in [5.41, 5.74) is 3.04. The molecule has 1 atom stereocenters. The van der Waals surface area contributed by atoms with Gasteiger partial charge in [-0.25, -0.2) is 4.79 Å². The second-order valence-electron chi connectivity index (χ2n) is 5.51. The second kappa shape index (κ2) is 7.23. The third-order valence-corrected chi connectivity index (χ3v) is 5.10. The number of carbonyl (C=O) groups is 1. The maximum atomic E-state index is 12.2. The summed E-state index contributed by atoms with van der Waals surface area (Å²) in [6, 6.07) is 9.58. The van der Waals surface area contributed by atoms with Gasteiger partial charge in [0.1, 0.15) is 0 Å². The molecule has 1 aromatic carbocycles. The molecular formula is C17H18ClN3OS. The predicted octanol–water partition coefficient (Wildman–Crippen LogP) is 4.08. The number of nitrogens with zero attached hydrogens (tertiary/aromatic N) is 1. The third kappa shape index (κ3) is 4.18. The topological polar surface area (TPSA) is 54.0 Å². The van der Waals surface area contributed by atoms with Gasteiger partial charge in [-0.1, -0.05) is 17.7 Å². The molecule has 2 amide bonds. The largest absolute Gasteiger partial charge is 0.334 e. The van der Waals surface area contributed by atoms with Crippen LogP contribution in [0.15, 0.2) is 41.4 Å². The summed E-state index contributed by atoms with van der Waals surface area (Å²) in [5.74, 6) is 0.988. The fraction of sp³-hybridized carbons (Fsp3) is 0.294. The molecule has 0 aliphatic carbocycles. The molecule has 1 aliphatic rings. The maximum Gasteiger partial charge on any atom is 0.315 e. The minimum Gasteiger partial charge on any atom is -0.334 e. The average Bonchev–Trinajstić information content (AvgIpc) is 2.55. The van der Waals surface area contributed by atoms with Crippen LogP contribution >= 0.6 is 23.4 Å². The molecule has 0 unspecified atom stereocenters. The number of fused-ring (bicyclic) bond motifs is 1. The summed E-state index contributed by atoms with van der Waals surface area (Å²) in [6.07, 6.45) is 2.68. The Labute approximate surface area is 145 Å². The number of halogens is 1. The average molecular weight is 348 g/mol. The molecule has 0 radical (unpaired) electrons. The van der Waals surface area contributed by atoms with E-state index in [-0.39, 0.29) is 12.1 Å². The number of hydrogen-bond donors (Lipinski definition) is 2. The number of amides is 2. The van der Waals surface area contributed by atoms with E-state index in [1.165, 1.54) is 4.90 Å². The number of hydrogen-bond acceptors (Lipinski definition) is 3. The first kappa shape index (κ1) is 16.1. The molecule has 23 heavy (non-hydrogen) atoms. The van der Waals surface area contributed by atoms with E-state index in [1.54, 1.807) is 18.0 Å². The number of aromatic nitrogens is 1. The minimum absolute atomic E-state index is 0.00101. The first-order chi connectivity index (χ1) is 11.1. The number of carbonyl (C=O) groups excluding carboxylic acids is 1. The number of urea groups is 1. The van der Waals surface area contributed by atoms with Crippen LogP contribution in [0.4, 0.5) is 4.79 Å². The quantitative estimate of drug-likeness (QED) is 0.879. The van der Waals surface area contributed by atoms with Crippen LogP contribution in [-0.4, -0.2) is 16.8 Å². The molecule has 4 nitrogen and oxygen atoms in total. The van der Waals surface area contributed by atoms with Gasteiger partial charge in [0.2, 0.25) is 0 Å². The predicted molar refractivity (Wildman–Crippen MR) is 93.9 cm³/mol. The Kier molecular flexibility index (Phi) is 5.08. The molecule has 0 saturated carbocycles. The summed E-state index contributed by atoms with van der Waals surface area (Å²) in [4.78, 5) is 17.6. The van der Waals surface area contributed by atoms with Gasteiger partial charge in [0.05, 0.1) is 6.04 Å². The lowest BCUT2D eigenvalue weighted by molar-refractivity contribution is 0.236. The zero-order valence-corrected chi connectivity index (χ0v) is 14.4. The summed E-state index contributed by atoms with van der Waals surface area (Å²) in [6.45, 7) is 2.40. The minimum atomic E-state index is -0.173. The zero-order chi connectivity index (χ0) is 16.2. The fourth-order valence-electron chi connectivity index (χ4n) is 2.51. The molecule has 3 rings (SSSR count). The van der Waals surface area contributed by atoms with Crippen LogP contribution in [-0.2, 0) is 6.54 Å². The summed E-state index contributed by atoms with van der Waals surface area (Å²) in [5, 5.41) is 6.62. The van der Waals surface area contributed by atoms with Crippen molar-refractivity contribution in [3.8, 4) is 0 Å². The van der Waals surface area contributed by atoms with Crippen molar-refractivity contribution in [3.05, 3.63) is 58.4 Å². The van der Waals surface area contributed by atoms with E-state index in [0.717, 1.165) is 29.0 Å². The van der Waals surface area contributed by atoms with Crippen molar-refractivity contribution in [3.63, 3.8) is 0 Å². The first-order valence-corrected chi connectivity index (χ1v) is 8.86. The number of aryl methyl sites for hydroxylation is 1. The van der Waals surface area contributed by atoms with Crippen molar-refractivity contribution < 1.29 is 4.79 Å². The van der Waals surface area contributed by atoms with Crippen molar-refractivity contribution in [1.29, 1.82) is 0 Å². The van der Waals surface area contributed by atoms with E-state index in [4.69, 9.17) is 11.6 Å². The normalized spacial score (nSPS) is 16.5. The van der Waals surface area contributed by atoms with Gasteiger partial charge in [0.25, 0.3) is 0 Å². The van der Waals surface area contributed by atoms with Gasteiger partial charge < -0.3 is 10.6 Å². The highest BCUT2D eigenvalue weighted by Gasteiger charge is 2.22. The molecule has 0 spiro atoms. The molecular weight excluding hydrogens is 330 g/mol. The van der Waals surface area contributed by atoms with Crippen molar-refractivity contribution in [1.82, 2.24) is 15.6 Å². The van der Waals surface area contributed by atoms with Gasteiger partial charge in [0, 0.05) is 34.1 Å². The summed E-state index contributed by atoms with van der Waals surface area (Å²) < 4.78 is 0. The lowest BCUT2D eigenvalue weighted by atomic mass is 10.0. The summed E-state index contributed by atoms with van der Waals surface area (Å²) in [7, 11) is 0. The lowest BCUT2D eigenvalue weighted by Gasteiger charge is -2.26. The molecule has 6 heteroatoms. The first-order valence-electron chi connectivity index (χ1n) is 7.50. The lowest BCUT2D eigenvalue weighted by Crippen LogP contribution is -2.38. The van der Waals surface area contributed by atoms with E-state index >= 15 is 0 Å². The number of pyridine rings is 1. The van der Waals surface area contributed by atoms with E-state index < -0.39 is 0 Å². The van der Waals surface area contributed by atoms with Crippen molar-refractivity contribution in [2.75, 3.05) is 5.75 Å². The number of rotatable bonds is 3. The molecule has 2 aromatic rings. The van der Waals surface area contributed by atoms with E-state index in [0.29, 0.717) is 11.6 Å². The SMILES string of the molecule is Cc1ccc(CNC(=O)N[C@H]2CCSc3ccc(Cl)cc32)cn1. The smallest absolute Gasteiger partial charge is 0.315 e. The Hall–Kier alpha value is -1.72. The van der Waals surface area contributed by atoms with E-state index in [2.05, 4.69) is 15.6 Å². The van der Waals surface area contributed by atoms with Crippen LogP contribution < -0.4 is 10.6 Å². The molecule has 120 valence electrons. The highest BCUT2D eigenvalue weighted by atomic mass is 35.5. The highest BCUT2D eigenvalue weighted by molar-refractivity contribution is 7.99. The van der Waals surface area contributed by atoms with Crippen LogP contribution in [0.5, 0.6) is 0 Å². The second-order valence-corrected chi connectivity index (χ2v) is 7.08.